The average Bonchev–Trinajstić information content (AvgIpc) is 2.52. The van der Waals surface area contributed by atoms with E-state index in [1.807, 2.05) is 0 Å². The van der Waals surface area contributed by atoms with E-state index in [1.54, 1.807) is 0 Å². The van der Waals surface area contributed by atoms with Gasteiger partial charge >= 0.3 is 0 Å². The van der Waals surface area contributed by atoms with Gasteiger partial charge in [0.2, 0.25) is 0 Å². The van der Waals surface area contributed by atoms with Crippen LogP contribution >= 0.6 is 0 Å². The molecular formula is C16H34N2O4. The zero-order valence-electron chi connectivity index (χ0n) is 13.7. The topological polar surface area (TPSA) is 111 Å². The van der Waals surface area contributed by atoms with Crippen LogP contribution in [0, 0.1) is 11.8 Å². The minimum Gasteiger partial charge on any atom is -0.328 e. The summed E-state index contributed by atoms with van der Waals surface area (Å²) in [6.45, 7) is 0.911. The van der Waals surface area contributed by atoms with Gasteiger partial charge in [0.05, 0.1) is 13.2 Å². The Balaban J connectivity index is 0.000000220. The predicted octanol–water partition coefficient (Wildman–Crippen LogP) is 2.77. The van der Waals surface area contributed by atoms with Gasteiger partial charge in [-0.2, -0.15) is 0 Å². The van der Waals surface area contributed by atoms with Crippen molar-refractivity contribution < 1.29 is 20.3 Å². The maximum atomic E-state index is 8.13. The lowest BCUT2D eigenvalue weighted by molar-refractivity contribution is -0.244. The van der Waals surface area contributed by atoms with Gasteiger partial charge < -0.3 is 11.5 Å². The first kappa shape index (κ1) is 19.8. The molecule has 0 aromatic rings. The number of hydrogen-bond acceptors (Lipinski definition) is 6. The van der Waals surface area contributed by atoms with Gasteiger partial charge in [0.15, 0.2) is 0 Å². The first-order valence-corrected chi connectivity index (χ1v) is 8.69. The molecule has 0 spiro atoms. The molecule has 0 aliphatic heterocycles. The maximum absolute atomic E-state index is 8.13. The molecule has 22 heavy (non-hydrogen) atoms. The van der Waals surface area contributed by atoms with E-state index in [2.05, 4.69) is 9.78 Å². The molecule has 6 nitrogen and oxygen atoms in total. The van der Waals surface area contributed by atoms with Gasteiger partial charge in [-0.3, -0.25) is 10.5 Å². The maximum Gasteiger partial charge on any atom is 0.0822 e. The Hall–Kier alpha value is -0.240. The van der Waals surface area contributed by atoms with Crippen molar-refractivity contribution in [1.82, 2.24) is 0 Å². The summed E-state index contributed by atoms with van der Waals surface area (Å²) in [6, 6.07) is 0.764. The van der Waals surface area contributed by atoms with Crippen LogP contribution in [0.2, 0.25) is 0 Å². The molecule has 0 aromatic heterocycles. The van der Waals surface area contributed by atoms with Crippen LogP contribution in [0.5, 0.6) is 0 Å². The summed E-state index contributed by atoms with van der Waals surface area (Å²) in [4.78, 5) is 8.08. The Kier molecular flexibility index (Phi) is 11.0. The van der Waals surface area contributed by atoms with Gasteiger partial charge in [-0.1, -0.05) is 25.7 Å². The minimum atomic E-state index is 0.382. The molecule has 2 rings (SSSR count). The normalized spacial score (nSPS) is 32.2. The number of rotatable bonds is 6. The Bertz CT molecular complexity index is 243. The lowest BCUT2D eigenvalue weighted by Crippen LogP contribution is -2.28. The second-order valence-electron chi connectivity index (χ2n) is 6.83. The highest BCUT2D eigenvalue weighted by molar-refractivity contribution is 4.75. The molecule has 0 radical (unpaired) electrons. The molecule has 132 valence electrons. The number of hydrogen-bond donors (Lipinski definition) is 4. The molecule has 6 N–H and O–H groups in total. The quantitative estimate of drug-likeness (QED) is 0.443. The third-order valence-corrected chi connectivity index (χ3v) is 4.88. The van der Waals surface area contributed by atoms with E-state index in [4.69, 9.17) is 22.0 Å². The molecule has 4 unspecified atom stereocenters. The molecule has 2 aliphatic rings. The lowest BCUT2D eigenvalue weighted by Gasteiger charge is -2.25. The van der Waals surface area contributed by atoms with Crippen molar-refractivity contribution in [3.8, 4) is 0 Å². The summed E-state index contributed by atoms with van der Waals surface area (Å²) in [6.07, 6.45) is 11.4. The second-order valence-corrected chi connectivity index (χ2v) is 6.83. The van der Waals surface area contributed by atoms with E-state index in [0.29, 0.717) is 37.1 Å². The highest BCUT2D eigenvalue weighted by Crippen LogP contribution is 2.26. The molecular weight excluding hydrogens is 284 g/mol. The monoisotopic (exact) mass is 318 g/mol. The predicted molar refractivity (Wildman–Crippen MR) is 86.3 cm³/mol. The third-order valence-electron chi connectivity index (χ3n) is 4.88. The van der Waals surface area contributed by atoms with Gasteiger partial charge in [0.25, 0.3) is 0 Å². The van der Waals surface area contributed by atoms with Gasteiger partial charge in [-0.15, -0.1) is 0 Å². The van der Waals surface area contributed by atoms with E-state index in [1.165, 1.54) is 25.7 Å². The SMILES string of the molecule is NC1CCCC(CCOO)C1.NC1CCCC(CCOO)C1. The van der Waals surface area contributed by atoms with Crippen LogP contribution in [-0.4, -0.2) is 35.8 Å². The second kappa shape index (κ2) is 12.2. The zero-order valence-corrected chi connectivity index (χ0v) is 13.7. The smallest absolute Gasteiger partial charge is 0.0822 e. The summed E-state index contributed by atoms with van der Waals surface area (Å²) >= 11 is 0. The number of nitrogens with two attached hydrogens (primary N) is 2. The van der Waals surface area contributed by atoms with Crippen LogP contribution in [0.15, 0.2) is 0 Å². The summed E-state index contributed by atoms with van der Waals surface area (Å²) < 4.78 is 0. The fourth-order valence-electron chi connectivity index (χ4n) is 3.63. The van der Waals surface area contributed by atoms with Gasteiger partial charge in [0, 0.05) is 12.1 Å². The largest absolute Gasteiger partial charge is 0.328 e. The van der Waals surface area contributed by atoms with Crippen molar-refractivity contribution in [3.63, 3.8) is 0 Å². The standard InChI is InChI=1S/2C8H17NO2/c2*9-8-3-1-2-7(6-8)4-5-11-10/h2*7-8,10H,1-6,9H2. The van der Waals surface area contributed by atoms with Crippen LogP contribution < -0.4 is 11.5 Å². The molecule has 2 aliphatic carbocycles. The average molecular weight is 318 g/mol. The van der Waals surface area contributed by atoms with E-state index >= 15 is 0 Å². The summed E-state index contributed by atoms with van der Waals surface area (Å²) in [7, 11) is 0. The van der Waals surface area contributed by atoms with Crippen molar-refractivity contribution in [2.24, 2.45) is 23.3 Å². The molecule has 0 bridgehead atoms. The highest BCUT2D eigenvalue weighted by atomic mass is 17.1. The van der Waals surface area contributed by atoms with Crippen molar-refractivity contribution in [2.45, 2.75) is 76.3 Å². The van der Waals surface area contributed by atoms with Crippen LogP contribution in [0.1, 0.15) is 64.2 Å². The summed E-state index contributed by atoms with van der Waals surface area (Å²) in [5.41, 5.74) is 11.6. The first-order chi connectivity index (χ1) is 10.7. The van der Waals surface area contributed by atoms with Crippen LogP contribution in [0.25, 0.3) is 0 Å². The van der Waals surface area contributed by atoms with Crippen LogP contribution in [0.3, 0.4) is 0 Å². The molecule has 6 heteroatoms. The highest BCUT2D eigenvalue weighted by Gasteiger charge is 2.19. The van der Waals surface area contributed by atoms with E-state index in [9.17, 15) is 0 Å². The van der Waals surface area contributed by atoms with E-state index in [0.717, 1.165) is 38.5 Å². The van der Waals surface area contributed by atoms with Gasteiger partial charge in [0.1, 0.15) is 0 Å². The molecule has 4 atom stereocenters. The van der Waals surface area contributed by atoms with E-state index in [-0.39, 0.29) is 0 Å². The molecule has 2 fully saturated rings. The van der Waals surface area contributed by atoms with Crippen molar-refractivity contribution in [2.75, 3.05) is 13.2 Å². The fraction of sp³-hybridized carbons (Fsp3) is 1.00. The fourth-order valence-corrected chi connectivity index (χ4v) is 3.63. The molecule has 0 aromatic carbocycles. The van der Waals surface area contributed by atoms with Crippen LogP contribution in [0.4, 0.5) is 0 Å². The third kappa shape index (κ3) is 9.02. The minimum absolute atomic E-state index is 0.382. The molecule has 0 amide bonds. The molecule has 0 saturated heterocycles. The molecule has 2 saturated carbocycles. The zero-order chi connectivity index (χ0) is 16.2. The van der Waals surface area contributed by atoms with Crippen LogP contribution in [-0.2, 0) is 9.78 Å². The Morgan fingerprint density at radius 1 is 0.727 bits per heavy atom. The van der Waals surface area contributed by atoms with Crippen molar-refractivity contribution >= 4 is 0 Å². The van der Waals surface area contributed by atoms with E-state index < -0.39 is 0 Å². The van der Waals surface area contributed by atoms with Crippen molar-refractivity contribution in [3.05, 3.63) is 0 Å². The van der Waals surface area contributed by atoms with Gasteiger partial charge in [-0.05, 0) is 50.4 Å². The lowest BCUT2D eigenvalue weighted by atomic mass is 9.84. The van der Waals surface area contributed by atoms with Crippen molar-refractivity contribution in [1.29, 1.82) is 0 Å². The van der Waals surface area contributed by atoms with Gasteiger partial charge in [-0.25, -0.2) is 9.78 Å². The Labute approximate surface area is 134 Å². The molecule has 0 heterocycles. The Morgan fingerprint density at radius 3 is 1.45 bits per heavy atom. The Morgan fingerprint density at radius 2 is 1.14 bits per heavy atom. The first-order valence-electron chi connectivity index (χ1n) is 8.69. The summed E-state index contributed by atoms with van der Waals surface area (Å²) in [5, 5.41) is 16.3. The summed E-state index contributed by atoms with van der Waals surface area (Å²) in [5.74, 6) is 1.34.